The number of hydrogen-bond acceptors (Lipinski definition) is 3. The van der Waals surface area contributed by atoms with Gasteiger partial charge in [-0.3, -0.25) is 4.79 Å². The van der Waals surface area contributed by atoms with Crippen LogP contribution < -0.4 is 5.56 Å². The fraction of sp³-hybridized carbons (Fsp3) is 0. The predicted octanol–water partition coefficient (Wildman–Crippen LogP) is 5.29. The lowest BCUT2D eigenvalue weighted by atomic mass is 9.95. The van der Waals surface area contributed by atoms with Gasteiger partial charge in [-0.05, 0) is 51.4 Å². The predicted molar refractivity (Wildman–Crippen MR) is 117 cm³/mol. The Balaban J connectivity index is 1.82. The van der Waals surface area contributed by atoms with Crippen LogP contribution in [0.1, 0.15) is 11.4 Å². The highest BCUT2D eigenvalue weighted by Gasteiger charge is 2.11. The Morgan fingerprint density at radius 3 is 2.10 bits per heavy atom. The number of H-pyrrole nitrogens is 1. The Morgan fingerprint density at radius 2 is 1.45 bits per heavy atom. The number of allylic oxidation sites excluding steroid dienone is 1. The van der Waals surface area contributed by atoms with Gasteiger partial charge in [0.2, 0.25) is 0 Å². The fourth-order valence-electron chi connectivity index (χ4n) is 3.72. The van der Waals surface area contributed by atoms with Gasteiger partial charge in [-0.15, -0.1) is 0 Å². The number of fused-ring (bicyclic) bond motifs is 3. The van der Waals surface area contributed by atoms with E-state index in [-0.39, 0.29) is 11.4 Å². The van der Waals surface area contributed by atoms with Gasteiger partial charge >= 0.3 is 0 Å². The van der Waals surface area contributed by atoms with E-state index in [1.807, 2.05) is 48.5 Å². The molecule has 0 unspecified atom stereocenters. The third-order valence-electron chi connectivity index (χ3n) is 5.09. The second-order valence-electron chi connectivity index (χ2n) is 6.83. The molecule has 4 aromatic carbocycles. The third kappa shape index (κ3) is 2.86. The van der Waals surface area contributed by atoms with Gasteiger partial charge < -0.3 is 4.98 Å². The van der Waals surface area contributed by atoms with E-state index < -0.39 is 0 Å². The summed E-state index contributed by atoms with van der Waals surface area (Å²) < 4.78 is 0. The quantitative estimate of drug-likeness (QED) is 0.337. The first-order valence-electron chi connectivity index (χ1n) is 9.26. The maximum absolute atomic E-state index is 12.5. The summed E-state index contributed by atoms with van der Waals surface area (Å²) in [6.07, 6.45) is 1.82. The van der Waals surface area contributed by atoms with Gasteiger partial charge in [0.15, 0.2) is 5.82 Å². The Kier molecular flexibility index (Phi) is 3.93. The molecule has 0 spiro atoms. The van der Waals surface area contributed by atoms with Gasteiger partial charge in [0, 0.05) is 0 Å². The minimum absolute atomic E-state index is 0.255. The summed E-state index contributed by atoms with van der Waals surface area (Å²) in [4.78, 5) is 19.7. The highest BCUT2D eigenvalue weighted by atomic mass is 16.1. The zero-order valence-corrected chi connectivity index (χ0v) is 15.4. The van der Waals surface area contributed by atoms with Crippen molar-refractivity contribution in [1.82, 2.24) is 9.97 Å². The molecule has 1 heterocycles. The molecule has 5 rings (SSSR count). The normalized spacial score (nSPS) is 11.8. The van der Waals surface area contributed by atoms with Crippen molar-refractivity contribution in [3.8, 4) is 6.07 Å². The summed E-state index contributed by atoms with van der Waals surface area (Å²) in [6, 6.07) is 27.6. The molecule has 0 aliphatic carbocycles. The third-order valence-corrected chi connectivity index (χ3v) is 5.09. The molecule has 4 nitrogen and oxygen atoms in total. The van der Waals surface area contributed by atoms with E-state index in [1.165, 1.54) is 0 Å². The average molecular weight is 373 g/mol. The first-order chi connectivity index (χ1) is 14.2. The van der Waals surface area contributed by atoms with Crippen molar-refractivity contribution in [3.63, 3.8) is 0 Å². The van der Waals surface area contributed by atoms with Crippen molar-refractivity contribution in [2.75, 3.05) is 0 Å². The van der Waals surface area contributed by atoms with Crippen LogP contribution in [0.15, 0.2) is 83.7 Å². The first-order valence-corrected chi connectivity index (χ1v) is 9.26. The number of para-hydroxylation sites is 1. The molecule has 0 aliphatic rings. The van der Waals surface area contributed by atoms with Gasteiger partial charge in [-0.1, -0.05) is 60.7 Å². The van der Waals surface area contributed by atoms with Crippen LogP contribution in [0.4, 0.5) is 0 Å². The van der Waals surface area contributed by atoms with E-state index in [1.54, 1.807) is 18.2 Å². The van der Waals surface area contributed by atoms with Crippen LogP contribution in [-0.2, 0) is 0 Å². The molecule has 0 fully saturated rings. The lowest BCUT2D eigenvalue weighted by Gasteiger charge is -2.09. The minimum atomic E-state index is -0.255. The summed E-state index contributed by atoms with van der Waals surface area (Å²) in [6.45, 7) is 0. The monoisotopic (exact) mass is 373 g/mol. The Labute approximate surface area is 166 Å². The molecule has 5 aromatic rings. The van der Waals surface area contributed by atoms with Crippen LogP contribution in [0.2, 0.25) is 0 Å². The highest BCUT2D eigenvalue weighted by Crippen LogP contribution is 2.31. The molecular formula is C25H15N3O. The fourth-order valence-corrected chi connectivity index (χ4v) is 3.72. The Morgan fingerprint density at radius 1 is 0.862 bits per heavy atom. The number of hydrogen-bond donors (Lipinski definition) is 1. The molecule has 136 valence electrons. The van der Waals surface area contributed by atoms with Crippen molar-refractivity contribution in [1.29, 1.82) is 5.26 Å². The number of aromatic nitrogens is 2. The SMILES string of the molecule is N#CC(=Cc1c2ccccc2cc2ccccc12)c1nc2ccccc2c(=O)[nH]1. The number of nitrogens with zero attached hydrogens (tertiary/aromatic N) is 2. The molecule has 0 saturated heterocycles. The molecule has 4 heteroatoms. The topological polar surface area (TPSA) is 69.5 Å². The van der Waals surface area contributed by atoms with Gasteiger partial charge in [-0.25, -0.2) is 4.98 Å². The summed E-state index contributed by atoms with van der Waals surface area (Å²) >= 11 is 0. The lowest BCUT2D eigenvalue weighted by molar-refractivity contribution is 1.13. The molecule has 1 aromatic heterocycles. The van der Waals surface area contributed by atoms with Crippen LogP contribution in [0, 0.1) is 11.3 Å². The summed E-state index contributed by atoms with van der Waals surface area (Å²) in [5.41, 5.74) is 1.56. The van der Waals surface area contributed by atoms with E-state index in [2.05, 4.69) is 34.2 Å². The average Bonchev–Trinajstić information content (AvgIpc) is 2.76. The van der Waals surface area contributed by atoms with Crippen LogP contribution >= 0.6 is 0 Å². The van der Waals surface area contributed by atoms with Crippen LogP contribution in [0.3, 0.4) is 0 Å². The molecule has 0 saturated carbocycles. The maximum atomic E-state index is 12.5. The zero-order valence-electron chi connectivity index (χ0n) is 15.4. The molecule has 1 N–H and O–H groups in total. The van der Waals surface area contributed by atoms with Crippen molar-refractivity contribution in [3.05, 3.63) is 101 Å². The van der Waals surface area contributed by atoms with Crippen molar-refractivity contribution < 1.29 is 0 Å². The second-order valence-corrected chi connectivity index (χ2v) is 6.83. The Hall–Kier alpha value is -4.23. The number of nitriles is 1. The first kappa shape index (κ1) is 16.9. The molecule has 29 heavy (non-hydrogen) atoms. The van der Waals surface area contributed by atoms with Crippen LogP contribution in [0.25, 0.3) is 44.1 Å². The maximum Gasteiger partial charge on any atom is 0.259 e. The molecular weight excluding hydrogens is 358 g/mol. The molecule has 0 aliphatic heterocycles. The number of benzene rings is 4. The van der Waals surface area contributed by atoms with Crippen molar-refractivity contribution in [2.24, 2.45) is 0 Å². The smallest absolute Gasteiger partial charge is 0.259 e. The van der Waals surface area contributed by atoms with E-state index in [4.69, 9.17) is 0 Å². The molecule has 0 atom stereocenters. The van der Waals surface area contributed by atoms with Crippen molar-refractivity contribution >= 4 is 44.1 Å². The number of rotatable bonds is 2. The minimum Gasteiger partial charge on any atom is -0.305 e. The standard InChI is InChI=1S/C25H15N3O/c26-15-18(24-27-23-12-6-5-11-21(23)25(29)28-24)14-22-19-9-3-1-7-16(19)13-17-8-2-4-10-20(17)22/h1-14H,(H,27,28,29). The summed E-state index contributed by atoms with van der Waals surface area (Å²) in [5, 5.41) is 14.6. The van der Waals surface area contributed by atoms with Crippen LogP contribution in [0.5, 0.6) is 0 Å². The number of aromatic amines is 1. The summed E-state index contributed by atoms with van der Waals surface area (Å²) in [5.74, 6) is 0.271. The van der Waals surface area contributed by atoms with E-state index in [9.17, 15) is 10.1 Å². The van der Waals surface area contributed by atoms with Crippen molar-refractivity contribution in [2.45, 2.75) is 0 Å². The lowest BCUT2D eigenvalue weighted by Crippen LogP contribution is -2.11. The van der Waals surface area contributed by atoms with E-state index in [0.29, 0.717) is 16.5 Å². The zero-order chi connectivity index (χ0) is 19.8. The van der Waals surface area contributed by atoms with Gasteiger partial charge in [-0.2, -0.15) is 5.26 Å². The van der Waals surface area contributed by atoms with Gasteiger partial charge in [0.25, 0.3) is 5.56 Å². The van der Waals surface area contributed by atoms with E-state index in [0.717, 1.165) is 27.1 Å². The second kappa shape index (κ2) is 6.74. The van der Waals surface area contributed by atoms with E-state index >= 15 is 0 Å². The Bertz CT molecular complexity index is 1480. The van der Waals surface area contributed by atoms with Crippen LogP contribution in [-0.4, -0.2) is 9.97 Å². The summed E-state index contributed by atoms with van der Waals surface area (Å²) in [7, 11) is 0. The molecule has 0 bridgehead atoms. The van der Waals surface area contributed by atoms with Gasteiger partial charge in [0.1, 0.15) is 6.07 Å². The highest BCUT2D eigenvalue weighted by molar-refractivity contribution is 6.09. The largest absolute Gasteiger partial charge is 0.305 e. The molecule has 0 radical (unpaired) electrons. The van der Waals surface area contributed by atoms with Gasteiger partial charge in [0.05, 0.1) is 16.5 Å². The number of nitrogens with one attached hydrogen (secondary N) is 1. The molecule has 0 amide bonds.